The van der Waals surface area contributed by atoms with E-state index in [0.29, 0.717) is 25.2 Å². The zero-order valence-electron chi connectivity index (χ0n) is 21.4. The van der Waals surface area contributed by atoms with Crippen LogP contribution in [0.1, 0.15) is 17.7 Å². The summed E-state index contributed by atoms with van der Waals surface area (Å²) < 4.78 is 42.2. The van der Waals surface area contributed by atoms with Crippen molar-refractivity contribution in [3.63, 3.8) is 0 Å². The lowest BCUT2D eigenvalue weighted by molar-refractivity contribution is 0.0115. The zero-order valence-corrected chi connectivity index (χ0v) is 23.6. The predicted octanol–water partition coefficient (Wildman–Crippen LogP) is 7.80. The van der Waals surface area contributed by atoms with Gasteiger partial charge in [0.1, 0.15) is 11.6 Å². The number of halogens is 4. The van der Waals surface area contributed by atoms with Gasteiger partial charge in [-0.3, -0.25) is 10.00 Å². The van der Waals surface area contributed by atoms with Crippen LogP contribution in [0.25, 0.3) is 33.2 Å². The quantitative estimate of drug-likeness (QED) is 0.157. The molecule has 0 amide bonds. The van der Waals surface area contributed by atoms with Crippen LogP contribution in [0.5, 0.6) is 5.75 Å². The van der Waals surface area contributed by atoms with Crippen LogP contribution in [0, 0.1) is 9.39 Å². The van der Waals surface area contributed by atoms with Gasteiger partial charge in [-0.1, -0.05) is 18.2 Å². The number of H-pyrrole nitrogens is 1. The number of rotatable bonds is 7. The number of phenolic OH excluding ortho intramolecular Hbond substituents is 1. The van der Waals surface area contributed by atoms with Crippen molar-refractivity contribution in [2.24, 2.45) is 0 Å². The van der Waals surface area contributed by atoms with Crippen molar-refractivity contribution in [2.75, 3.05) is 18.4 Å². The van der Waals surface area contributed by atoms with E-state index >= 15 is 0 Å². The molecule has 0 spiro atoms. The first kappa shape index (κ1) is 26.6. The Balaban J connectivity index is 1.22. The molecule has 3 N–H and O–H groups in total. The fourth-order valence-corrected chi connectivity index (χ4v) is 5.96. The van der Waals surface area contributed by atoms with E-state index in [0.717, 1.165) is 54.2 Å². The molecular weight excluding hydrogens is 628 g/mol. The first-order valence-electron chi connectivity index (χ1n) is 12.9. The number of benzene rings is 4. The van der Waals surface area contributed by atoms with Crippen molar-refractivity contribution in [3.05, 3.63) is 99.5 Å². The maximum Gasteiger partial charge on any atom is 0.261 e. The van der Waals surface area contributed by atoms with Crippen molar-refractivity contribution < 1.29 is 18.3 Å². The van der Waals surface area contributed by atoms with Gasteiger partial charge in [0.05, 0.1) is 24.3 Å². The third-order valence-corrected chi connectivity index (χ3v) is 7.75. The maximum absolute atomic E-state index is 13.8. The fourth-order valence-electron chi connectivity index (χ4n) is 5.23. The van der Waals surface area contributed by atoms with Gasteiger partial charge in [0.2, 0.25) is 0 Å². The van der Waals surface area contributed by atoms with Crippen LogP contribution in [-0.4, -0.2) is 39.2 Å². The van der Waals surface area contributed by atoms with Crippen molar-refractivity contribution >= 4 is 39.2 Å². The Morgan fingerprint density at radius 3 is 2.58 bits per heavy atom. The smallest absolute Gasteiger partial charge is 0.261 e. The first-order valence-corrected chi connectivity index (χ1v) is 14.0. The minimum Gasteiger partial charge on any atom is -0.508 e. The predicted molar refractivity (Wildman–Crippen MR) is 160 cm³/mol. The van der Waals surface area contributed by atoms with Gasteiger partial charge >= 0.3 is 0 Å². The van der Waals surface area contributed by atoms with Crippen molar-refractivity contribution in [3.8, 4) is 28.0 Å². The number of alkyl halides is 2. The fraction of sp³-hybridized carbons (Fsp3) is 0.194. The third-order valence-electron chi connectivity index (χ3n) is 7.13. The summed E-state index contributed by atoms with van der Waals surface area (Å²) in [5.41, 5.74) is 7.02. The van der Waals surface area contributed by atoms with Gasteiger partial charge in [-0.2, -0.15) is 5.10 Å². The summed E-state index contributed by atoms with van der Waals surface area (Å²) in [6, 6.07) is 23.9. The number of nitrogens with zero attached hydrogens (tertiary/aromatic N) is 2. The Hall–Kier alpha value is -3.57. The van der Waals surface area contributed by atoms with Crippen molar-refractivity contribution in [2.45, 2.75) is 25.4 Å². The molecule has 1 fully saturated rings. The highest BCUT2D eigenvalue weighted by Gasteiger charge is 2.37. The molecule has 0 aliphatic carbocycles. The number of likely N-dealkylation sites (tertiary alicyclic amines) is 1. The molecule has 0 saturated carbocycles. The number of hydrogen-bond donors (Lipinski definition) is 3. The molecule has 2 heterocycles. The van der Waals surface area contributed by atoms with Gasteiger partial charge in [0.15, 0.2) is 0 Å². The van der Waals surface area contributed by atoms with Gasteiger partial charge in [-0.25, -0.2) is 13.2 Å². The summed E-state index contributed by atoms with van der Waals surface area (Å²) in [7, 11) is 0. The minimum atomic E-state index is -2.61. The Morgan fingerprint density at radius 2 is 1.77 bits per heavy atom. The van der Waals surface area contributed by atoms with Crippen LogP contribution in [0.15, 0.2) is 78.9 Å². The number of fused-ring (bicyclic) bond motifs is 1. The van der Waals surface area contributed by atoms with E-state index in [9.17, 15) is 18.3 Å². The molecule has 1 aliphatic rings. The van der Waals surface area contributed by atoms with E-state index in [1.165, 1.54) is 12.1 Å². The lowest BCUT2D eigenvalue weighted by Crippen LogP contribution is -2.24. The van der Waals surface area contributed by atoms with Gasteiger partial charge < -0.3 is 10.4 Å². The number of anilines is 1. The molecule has 1 aliphatic heterocycles. The molecular formula is C31H26F3IN4O. The molecule has 204 valence electrons. The highest BCUT2D eigenvalue weighted by atomic mass is 127. The SMILES string of the molecule is Oc1cc(F)cc(-c2cccc(NCc3n[nH]c4ccc(-c5cc(I)cc(CN6CCC(F)(F)C6)c5)cc34)c2)c1. The average molecular weight is 654 g/mol. The topological polar surface area (TPSA) is 64.2 Å². The van der Waals surface area contributed by atoms with E-state index in [4.69, 9.17) is 0 Å². The van der Waals surface area contributed by atoms with Gasteiger partial charge in [-0.05, 0) is 105 Å². The summed E-state index contributed by atoms with van der Waals surface area (Å²) in [4.78, 5) is 1.81. The molecule has 0 atom stereocenters. The van der Waals surface area contributed by atoms with Crippen LogP contribution < -0.4 is 5.32 Å². The van der Waals surface area contributed by atoms with E-state index in [1.807, 2.05) is 47.4 Å². The monoisotopic (exact) mass is 654 g/mol. The molecule has 40 heavy (non-hydrogen) atoms. The summed E-state index contributed by atoms with van der Waals surface area (Å²) in [6.45, 7) is 1.16. The lowest BCUT2D eigenvalue weighted by Gasteiger charge is -2.16. The van der Waals surface area contributed by atoms with Crippen LogP contribution in [0.3, 0.4) is 0 Å². The normalized spacial score (nSPS) is 15.1. The molecule has 5 aromatic rings. The van der Waals surface area contributed by atoms with Crippen LogP contribution in [0.2, 0.25) is 0 Å². The number of aromatic amines is 1. The minimum absolute atomic E-state index is 0.0869. The van der Waals surface area contributed by atoms with Crippen molar-refractivity contribution in [1.29, 1.82) is 0 Å². The molecule has 1 aromatic heterocycles. The molecule has 1 saturated heterocycles. The third kappa shape index (κ3) is 5.95. The largest absolute Gasteiger partial charge is 0.508 e. The molecule has 0 bridgehead atoms. The van der Waals surface area contributed by atoms with Crippen LogP contribution in [0.4, 0.5) is 18.9 Å². The van der Waals surface area contributed by atoms with Gasteiger partial charge in [-0.15, -0.1) is 0 Å². The Kier molecular flexibility index (Phi) is 7.18. The molecule has 6 rings (SSSR count). The van der Waals surface area contributed by atoms with E-state index < -0.39 is 11.7 Å². The lowest BCUT2D eigenvalue weighted by atomic mass is 10.0. The maximum atomic E-state index is 13.8. The van der Waals surface area contributed by atoms with Gasteiger partial charge in [0.25, 0.3) is 5.92 Å². The van der Waals surface area contributed by atoms with E-state index in [1.54, 1.807) is 0 Å². The Bertz CT molecular complexity index is 1680. The number of phenols is 1. The average Bonchev–Trinajstić information content (AvgIpc) is 3.48. The second-order valence-corrected chi connectivity index (χ2v) is 11.5. The summed E-state index contributed by atoms with van der Waals surface area (Å²) in [5.74, 6) is -3.22. The summed E-state index contributed by atoms with van der Waals surface area (Å²) >= 11 is 2.27. The molecule has 4 aromatic carbocycles. The summed E-state index contributed by atoms with van der Waals surface area (Å²) in [6.07, 6.45) is -0.0869. The van der Waals surface area contributed by atoms with Gasteiger partial charge in [0, 0.05) is 40.2 Å². The Labute approximate surface area is 243 Å². The first-order chi connectivity index (χ1) is 19.2. The number of hydrogen-bond acceptors (Lipinski definition) is 4. The van der Waals surface area contributed by atoms with E-state index in [-0.39, 0.29) is 18.7 Å². The molecule has 0 unspecified atom stereocenters. The van der Waals surface area contributed by atoms with Crippen LogP contribution in [-0.2, 0) is 13.1 Å². The molecule has 5 nitrogen and oxygen atoms in total. The zero-order chi connectivity index (χ0) is 27.9. The van der Waals surface area contributed by atoms with Crippen molar-refractivity contribution in [1.82, 2.24) is 15.1 Å². The second-order valence-electron chi connectivity index (χ2n) is 10.2. The van der Waals surface area contributed by atoms with E-state index in [2.05, 4.69) is 56.3 Å². The highest BCUT2D eigenvalue weighted by Crippen LogP contribution is 2.32. The Morgan fingerprint density at radius 1 is 0.950 bits per heavy atom. The number of aromatic hydroxyl groups is 1. The molecule has 0 radical (unpaired) electrons. The van der Waals surface area contributed by atoms with Crippen LogP contribution >= 0.6 is 22.6 Å². The highest BCUT2D eigenvalue weighted by molar-refractivity contribution is 14.1. The number of nitrogens with one attached hydrogen (secondary N) is 2. The standard InChI is InChI=1S/C31H26F3IN4O/c32-24-10-23(13-27(40)15-24)20-2-1-3-26(12-20)36-16-30-28-14-21(4-5-29(28)37-38-30)22-8-19(9-25(35)11-22)17-39-7-6-31(33,34)18-39/h1-5,8-15,36,40H,6-7,16-18H2,(H,37,38). The second kappa shape index (κ2) is 10.8. The molecule has 9 heteroatoms. The summed E-state index contributed by atoms with van der Waals surface area (Å²) in [5, 5.41) is 21.8. The number of aromatic nitrogens is 2.